The molecule has 2 atom stereocenters. The minimum atomic E-state index is -0.0662. The Morgan fingerprint density at radius 2 is 2.00 bits per heavy atom. The number of nitrogens with two attached hydrogens (primary N) is 1. The van der Waals surface area contributed by atoms with Gasteiger partial charge in [0.15, 0.2) is 0 Å². The third-order valence-electron chi connectivity index (χ3n) is 3.98. The van der Waals surface area contributed by atoms with E-state index in [1.165, 1.54) is 5.56 Å². The van der Waals surface area contributed by atoms with E-state index in [0.717, 1.165) is 19.6 Å². The lowest BCUT2D eigenvalue weighted by Gasteiger charge is -2.41. The summed E-state index contributed by atoms with van der Waals surface area (Å²) in [5.41, 5.74) is 6.78. The lowest BCUT2D eigenvalue weighted by Crippen LogP contribution is -2.57. The van der Waals surface area contributed by atoms with Crippen molar-refractivity contribution in [2.75, 3.05) is 26.2 Å². The largest absolute Gasteiger partial charge is 0.333 e. The van der Waals surface area contributed by atoms with E-state index in [-0.39, 0.29) is 18.0 Å². The summed E-state index contributed by atoms with van der Waals surface area (Å²) in [6.07, 6.45) is 0. The molecule has 1 aliphatic rings. The predicted octanol–water partition coefficient (Wildman–Crippen LogP) is 1.24. The molecular formula is C15H23N3O. The highest BCUT2D eigenvalue weighted by atomic mass is 16.2. The summed E-state index contributed by atoms with van der Waals surface area (Å²) in [6, 6.07) is 10.3. The highest BCUT2D eigenvalue weighted by Crippen LogP contribution is 2.24. The van der Waals surface area contributed by atoms with Gasteiger partial charge in [-0.05, 0) is 19.4 Å². The Morgan fingerprint density at radius 1 is 1.32 bits per heavy atom. The van der Waals surface area contributed by atoms with E-state index in [1.54, 1.807) is 0 Å². The Hall–Kier alpha value is -1.39. The topological polar surface area (TPSA) is 49.6 Å². The van der Waals surface area contributed by atoms with Gasteiger partial charge in [-0.25, -0.2) is 0 Å². The number of nitrogens with zero attached hydrogens (tertiary/aromatic N) is 2. The van der Waals surface area contributed by atoms with Gasteiger partial charge in [0.05, 0.1) is 12.1 Å². The average Bonchev–Trinajstić information content (AvgIpc) is 2.45. The van der Waals surface area contributed by atoms with Crippen molar-refractivity contribution < 1.29 is 4.79 Å². The Bertz CT molecular complexity index is 421. The van der Waals surface area contributed by atoms with E-state index in [9.17, 15) is 4.79 Å². The van der Waals surface area contributed by atoms with E-state index in [1.807, 2.05) is 30.0 Å². The number of hydrogen-bond donors (Lipinski definition) is 1. The molecule has 4 nitrogen and oxygen atoms in total. The molecule has 1 fully saturated rings. The SMILES string of the molecule is CC1C(=O)N(C(C)c2ccccc2)CCN1CCN. The molecule has 1 aromatic carbocycles. The molecule has 0 spiro atoms. The second kappa shape index (κ2) is 6.17. The molecule has 1 aliphatic heterocycles. The first-order chi connectivity index (χ1) is 9.15. The summed E-state index contributed by atoms with van der Waals surface area (Å²) in [6.45, 7) is 7.15. The van der Waals surface area contributed by atoms with Gasteiger partial charge < -0.3 is 10.6 Å². The van der Waals surface area contributed by atoms with Crippen LogP contribution in [0.5, 0.6) is 0 Å². The standard InChI is InChI=1S/C15H23N3O/c1-12(14-6-4-3-5-7-14)18-11-10-17(9-8-16)13(2)15(18)19/h3-7,12-13H,8-11,16H2,1-2H3. The van der Waals surface area contributed by atoms with Crippen LogP contribution < -0.4 is 5.73 Å². The maximum atomic E-state index is 12.5. The van der Waals surface area contributed by atoms with Gasteiger partial charge in [-0.1, -0.05) is 30.3 Å². The highest BCUT2D eigenvalue weighted by molar-refractivity contribution is 5.82. The van der Waals surface area contributed by atoms with Crippen molar-refractivity contribution in [2.45, 2.75) is 25.9 Å². The van der Waals surface area contributed by atoms with Crippen LogP contribution in [0.3, 0.4) is 0 Å². The van der Waals surface area contributed by atoms with Gasteiger partial charge in [-0.3, -0.25) is 9.69 Å². The van der Waals surface area contributed by atoms with Crippen molar-refractivity contribution in [3.8, 4) is 0 Å². The number of benzene rings is 1. The zero-order chi connectivity index (χ0) is 13.8. The van der Waals surface area contributed by atoms with E-state index < -0.39 is 0 Å². The van der Waals surface area contributed by atoms with E-state index >= 15 is 0 Å². The first-order valence-electron chi connectivity index (χ1n) is 6.94. The van der Waals surface area contributed by atoms with Gasteiger partial charge in [0, 0.05) is 26.2 Å². The molecule has 0 saturated carbocycles. The molecule has 1 aromatic rings. The van der Waals surface area contributed by atoms with E-state index in [0.29, 0.717) is 6.54 Å². The second-order valence-electron chi connectivity index (χ2n) is 5.12. The number of hydrogen-bond acceptors (Lipinski definition) is 3. The normalized spacial score (nSPS) is 22.6. The Morgan fingerprint density at radius 3 is 2.63 bits per heavy atom. The summed E-state index contributed by atoms with van der Waals surface area (Å²) in [5.74, 6) is 0.205. The molecule has 2 rings (SSSR count). The maximum absolute atomic E-state index is 12.5. The zero-order valence-electron chi connectivity index (χ0n) is 11.7. The molecule has 4 heteroatoms. The van der Waals surface area contributed by atoms with Crippen LogP contribution in [0.4, 0.5) is 0 Å². The first-order valence-corrected chi connectivity index (χ1v) is 6.94. The summed E-state index contributed by atoms with van der Waals surface area (Å²) < 4.78 is 0. The van der Waals surface area contributed by atoms with Crippen molar-refractivity contribution in [1.29, 1.82) is 0 Å². The molecule has 104 valence electrons. The lowest BCUT2D eigenvalue weighted by atomic mass is 10.0. The molecule has 1 saturated heterocycles. The quantitative estimate of drug-likeness (QED) is 0.887. The third kappa shape index (κ3) is 2.96. The van der Waals surface area contributed by atoms with Gasteiger partial charge >= 0.3 is 0 Å². The third-order valence-corrected chi connectivity index (χ3v) is 3.98. The second-order valence-corrected chi connectivity index (χ2v) is 5.12. The monoisotopic (exact) mass is 261 g/mol. The summed E-state index contributed by atoms with van der Waals surface area (Å²) in [5, 5.41) is 0. The number of carbonyl (C=O) groups is 1. The molecule has 1 heterocycles. The molecule has 2 unspecified atom stereocenters. The lowest BCUT2D eigenvalue weighted by molar-refractivity contribution is -0.143. The molecular weight excluding hydrogens is 238 g/mol. The van der Waals surface area contributed by atoms with Gasteiger partial charge in [0.2, 0.25) is 5.91 Å². The van der Waals surface area contributed by atoms with Crippen molar-refractivity contribution in [3.05, 3.63) is 35.9 Å². The van der Waals surface area contributed by atoms with Gasteiger partial charge in [0.1, 0.15) is 0 Å². The predicted molar refractivity (Wildman–Crippen MR) is 76.7 cm³/mol. The fourth-order valence-corrected chi connectivity index (χ4v) is 2.70. The van der Waals surface area contributed by atoms with Gasteiger partial charge in [-0.15, -0.1) is 0 Å². The van der Waals surface area contributed by atoms with Crippen molar-refractivity contribution >= 4 is 5.91 Å². The van der Waals surface area contributed by atoms with Crippen molar-refractivity contribution in [1.82, 2.24) is 9.80 Å². The van der Waals surface area contributed by atoms with E-state index in [4.69, 9.17) is 5.73 Å². The molecule has 2 N–H and O–H groups in total. The molecule has 0 aliphatic carbocycles. The highest BCUT2D eigenvalue weighted by Gasteiger charge is 2.33. The molecule has 0 radical (unpaired) electrons. The van der Waals surface area contributed by atoms with Crippen LogP contribution in [0.2, 0.25) is 0 Å². The number of carbonyl (C=O) groups excluding carboxylic acids is 1. The molecule has 1 amide bonds. The Labute approximate surface area is 115 Å². The number of piperazine rings is 1. The fraction of sp³-hybridized carbons (Fsp3) is 0.533. The van der Waals surface area contributed by atoms with Crippen LogP contribution in [-0.4, -0.2) is 47.9 Å². The zero-order valence-corrected chi connectivity index (χ0v) is 11.7. The van der Waals surface area contributed by atoms with Crippen LogP contribution in [0, 0.1) is 0 Å². The maximum Gasteiger partial charge on any atom is 0.240 e. The first kappa shape index (κ1) is 14.0. The number of amides is 1. The minimum absolute atomic E-state index is 0.0662. The average molecular weight is 261 g/mol. The van der Waals surface area contributed by atoms with Crippen LogP contribution in [-0.2, 0) is 4.79 Å². The van der Waals surface area contributed by atoms with Crippen LogP contribution >= 0.6 is 0 Å². The van der Waals surface area contributed by atoms with Crippen LogP contribution in [0.25, 0.3) is 0 Å². The Kier molecular flexibility index (Phi) is 4.56. The summed E-state index contributed by atoms with van der Waals surface area (Å²) in [4.78, 5) is 16.6. The summed E-state index contributed by atoms with van der Waals surface area (Å²) >= 11 is 0. The van der Waals surface area contributed by atoms with E-state index in [2.05, 4.69) is 24.0 Å². The smallest absolute Gasteiger partial charge is 0.240 e. The molecule has 19 heavy (non-hydrogen) atoms. The van der Waals surface area contributed by atoms with Crippen molar-refractivity contribution in [2.24, 2.45) is 5.73 Å². The van der Waals surface area contributed by atoms with Crippen LogP contribution in [0.1, 0.15) is 25.5 Å². The van der Waals surface area contributed by atoms with Crippen molar-refractivity contribution in [3.63, 3.8) is 0 Å². The number of rotatable bonds is 4. The summed E-state index contributed by atoms with van der Waals surface area (Å²) in [7, 11) is 0. The molecule has 0 aromatic heterocycles. The van der Waals surface area contributed by atoms with Gasteiger partial charge in [0.25, 0.3) is 0 Å². The fourth-order valence-electron chi connectivity index (χ4n) is 2.70. The van der Waals surface area contributed by atoms with Crippen LogP contribution in [0.15, 0.2) is 30.3 Å². The Balaban J connectivity index is 2.08. The van der Waals surface area contributed by atoms with Gasteiger partial charge in [-0.2, -0.15) is 0 Å². The molecule has 0 bridgehead atoms. The minimum Gasteiger partial charge on any atom is -0.333 e.